The lowest BCUT2D eigenvalue weighted by molar-refractivity contribution is -0.128. The first-order valence-electron chi connectivity index (χ1n) is 8.38. The maximum absolute atomic E-state index is 12.6. The van der Waals surface area contributed by atoms with Crippen molar-refractivity contribution < 1.29 is 14.3 Å². The molecule has 1 aromatic rings. The molecule has 1 N–H and O–H groups in total. The van der Waals surface area contributed by atoms with Gasteiger partial charge >= 0.3 is 6.09 Å². The summed E-state index contributed by atoms with van der Waals surface area (Å²) in [7, 11) is 0. The second-order valence-corrected chi connectivity index (χ2v) is 7.21. The molecular weight excluding hydrogens is 310 g/mol. The number of rotatable bonds is 4. The van der Waals surface area contributed by atoms with Gasteiger partial charge in [0.15, 0.2) is 0 Å². The van der Waals surface area contributed by atoms with Crippen LogP contribution < -0.4 is 5.32 Å². The fourth-order valence-electron chi connectivity index (χ4n) is 2.74. The minimum Gasteiger partial charge on any atom is -0.444 e. The predicted octanol–water partition coefficient (Wildman–Crippen LogP) is 1.57. The van der Waals surface area contributed by atoms with Gasteiger partial charge in [-0.1, -0.05) is 0 Å². The normalized spacial score (nSPS) is 19.7. The summed E-state index contributed by atoms with van der Waals surface area (Å²) in [6, 6.07) is -0.589. The van der Waals surface area contributed by atoms with Crippen LogP contribution in [0.2, 0.25) is 0 Å². The summed E-state index contributed by atoms with van der Waals surface area (Å²) in [4.78, 5) is 30.4. The number of carbonyl (C=O) groups is 2. The summed E-state index contributed by atoms with van der Waals surface area (Å²) in [5.41, 5.74) is -0.573. The number of hydrogen-bond acceptors (Lipinski definition) is 5. The summed E-state index contributed by atoms with van der Waals surface area (Å²) in [5.74, 6) is -0.145. The van der Waals surface area contributed by atoms with E-state index >= 15 is 0 Å². The van der Waals surface area contributed by atoms with E-state index in [1.165, 1.54) is 6.33 Å². The minimum absolute atomic E-state index is 0.110. The molecule has 1 fully saturated rings. The van der Waals surface area contributed by atoms with Gasteiger partial charge in [0.25, 0.3) is 0 Å². The quantitative estimate of drug-likeness (QED) is 0.901. The van der Waals surface area contributed by atoms with Crippen LogP contribution in [0, 0.1) is 0 Å². The Balaban J connectivity index is 1.95. The second-order valence-electron chi connectivity index (χ2n) is 7.21. The number of nitrogens with one attached hydrogen (secondary N) is 1. The van der Waals surface area contributed by atoms with Crippen LogP contribution in [0.5, 0.6) is 0 Å². The smallest absolute Gasteiger partial charge is 0.410 e. The van der Waals surface area contributed by atoms with Gasteiger partial charge in [-0.2, -0.15) is 5.10 Å². The third kappa shape index (κ3) is 5.21. The highest BCUT2D eigenvalue weighted by Gasteiger charge is 2.35. The maximum Gasteiger partial charge on any atom is 0.410 e. The zero-order valence-corrected chi connectivity index (χ0v) is 14.9. The van der Waals surface area contributed by atoms with Crippen LogP contribution in [0.15, 0.2) is 12.7 Å². The molecule has 0 unspecified atom stereocenters. The molecule has 0 spiro atoms. The van der Waals surface area contributed by atoms with Gasteiger partial charge in [-0.15, -0.1) is 0 Å². The first-order valence-corrected chi connectivity index (χ1v) is 8.38. The highest BCUT2D eigenvalue weighted by atomic mass is 16.6. The van der Waals surface area contributed by atoms with Gasteiger partial charge < -0.3 is 10.1 Å². The topological polar surface area (TPSA) is 89.4 Å². The molecular formula is C16H27N5O3. The van der Waals surface area contributed by atoms with Gasteiger partial charge in [-0.05, 0) is 47.0 Å². The molecule has 2 rings (SSSR count). The van der Waals surface area contributed by atoms with Crippen LogP contribution >= 0.6 is 0 Å². The third-order valence-corrected chi connectivity index (χ3v) is 3.75. The van der Waals surface area contributed by atoms with E-state index in [4.69, 9.17) is 4.74 Å². The number of likely N-dealkylation sites (tertiary alicyclic amines) is 1. The van der Waals surface area contributed by atoms with Crippen LogP contribution in [-0.2, 0) is 16.1 Å². The van der Waals surface area contributed by atoms with Crippen molar-refractivity contribution in [3.63, 3.8) is 0 Å². The van der Waals surface area contributed by atoms with E-state index in [9.17, 15) is 9.59 Å². The summed E-state index contributed by atoms with van der Waals surface area (Å²) < 4.78 is 7.10. The van der Waals surface area contributed by atoms with Crippen molar-refractivity contribution in [2.75, 3.05) is 6.54 Å². The highest BCUT2D eigenvalue weighted by Crippen LogP contribution is 2.20. The fourth-order valence-corrected chi connectivity index (χ4v) is 2.74. The lowest BCUT2D eigenvalue weighted by Gasteiger charge is -2.36. The van der Waals surface area contributed by atoms with Crippen molar-refractivity contribution in [3.05, 3.63) is 12.7 Å². The van der Waals surface area contributed by atoms with E-state index in [2.05, 4.69) is 15.4 Å². The summed E-state index contributed by atoms with van der Waals surface area (Å²) in [6.07, 6.45) is 5.11. The molecule has 2 atom stereocenters. The monoisotopic (exact) mass is 337 g/mol. The van der Waals surface area contributed by atoms with Crippen LogP contribution in [0.1, 0.15) is 47.0 Å². The first kappa shape index (κ1) is 18.2. The molecule has 0 radical (unpaired) electrons. The molecule has 0 aromatic carbocycles. The Bertz CT molecular complexity index is 553. The van der Waals surface area contributed by atoms with E-state index < -0.39 is 17.7 Å². The number of aromatic nitrogens is 3. The molecule has 0 saturated carbocycles. The number of carbonyl (C=O) groups excluding carboxylic acids is 2. The summed E-state index contributed by atoms with van der Waals surface area (Å²) in [5, 5.41) is 6.99. The van der Waals surface area contributed by atoms with Crippen molar-refractivity contribution in [3.8, 4) is 0 Å². The Hall–Kier alpha value is -2.12. The van der Waals surface area contributed by atoms with E-state index in [1.807, 2.05) is 27.7 Å². The number of nitrogens with zero attached hydrogens (tertiary/aromatic N) is 4. The molecule has 2 amide bonds. The SMILES string of the molecule is C[C@H](Cn1cncn1)NC(=O)[C@@H]1CCCCN1C(=O)OC(C)(C)C. The van der Waals surface area contributed by atoms with Crippen LogP contribution in [0.3, 0.4) is 0 Å². The van der Waals surface area contributed by atoms with Gasteiger partial charge in [0.1, 0.15) is 24.3 Å². The van der Waals surface area contributed by atoms with E-state index in [1.54, 1.807) is 15.9 Å². The van der Waals surface area contributed by atoms with Gasteiger partial charge in [-0.3, -0.25) is 14.4 Å². The molecule has 8 nitrogen and oxygen atoms in total. The molecule has 0 aliphatic carbocycles. The van der Waals surface area contributed by atoms with Crippen molar-refractivity contribution in [1.82, 2.24) is 25.0 Å². The molecule has 1 aliphatic rings. The first-order chi connectivity index (χ1) is 11.3. The molecule has 24 heavy (non-hydrogen) atoms. The molecule has 1 aromatic heterocycles. The zero-order valence-electron chi connectivity index (χ0n) is 14.9. The van der Waals surface area contributed by atoms with Crippen LogP contribution in [0.25, 0.3) is 0 Å². The van der Waals surface area contributed by atoms with Crippen molar-refractivity contribution in [2.45, 2.75) is 71.2 Å². The Morgan fingerprint density at radius 3 is 2.75 bits per heavy atom. The zero-order chi connectivity index (χ0) is 17.7. The minimum atomic E-state index is -0.573. The Labute approximate surface area is 142 Å². The molecule has 134 valence electrons. The van der Waals surface area contributed by atoms with Crippen molar-refractivity contribution in [1.29, 1.82) is 0 Å². The lowest BCUT2D eigenvalue weighted by atomic mass is 10.0. The Morgan fingerprint density at radius 2 is 2.12 bits per heavy atom. The molecule has 2 heterocycles. The van der Waals surface area contributed by atoms with Crippen LogP contribution in [0.4, 0.5) is 4.79 Å². The number of amides is 2. The second kappa shape index (κ2) is 7.63. The average Bonchev–Trinajstić information content (AvgIpc) is 2.98. The molecule has 1 saturated heterocycles. The van der Waals surface area contributed by atoms with Crippen molar-refractivity contribution >= 4 is 12.0 Å². The maximum atomic E-state index is 12.6. The largest absolute Gasteiger partial charge is 0.444 e. The average molecular weight is 337 g/mol. The standard InChI is InChI=1S/C16H27N5O3/c1-12(9-20-11-17-10-18-20)19-14(22)13-7-5-6-8-21(13)15(23)24-16(2,3)4/h10-13H,5-9H2,1-4H3,(H,19,22)/t12-,13+/m1/s1. The predicted molar refractivity (Wildman–Crippen MR) is 88.2 cm³/mol. The fraction of sp³-hybridized carbons (Fsp3) is 0.750. The molecule has 8 heteroatoms. The summed E-state index contributed by atoms with van der Waals surface area (Å²) in [6.45, 7) is 8.45. The number of piperidine rings is 1. The molecule has 0 bridgehead atoms. The van der Waals surface area contributed by atoms with Gasteiger partial charge in [0.05, 0.1) is 6.54 Å². The lowest BCUT2D eigenvalue weighted by Crippen LogP contribution is -2.54. The number of ether oxygens (including phenoxy) is 1. The molecule has 1 aliphatic heterocycles. The third-order valence-electron chi connectivity index (χ3n) is 3.75. The van der Waals surface area contributed by atoms with E-state index in [0.717, 1.165) is 12.8 Å². The number of hydrogen-bond donors (Lipinski definition) is 1. The highest BCUT2D eigenvalue weighted by molar-refractivity contribution is 5.86. The Kier molecular flexibility index (Phi) is 5.80. The van der Waals surface area contributed by atoms with E-state index in [0.29, 0.717) is 19.5 Å². The summed E-state index contributed by atoms with van der Waals surface area (Å²) >= 11 is 0. The van der Waals surface area contributed by atoms with Gasteiger partial charge in [-0.25, -0.2) is 9.78 Å². The van der Waals surface area contributed by atoms with Gasteiger partial charge in [0, 0.05) is 12.6 Å². The van der Waals surface area contributed by atoms with E-state index in [-0.39, 0.29) is 11.9 Å². The van der Waals surface area contributed by atoms with Gasteiger partial charge in [0.2, 0.25) is 5.91 Å². The van der Waals surface area contributed by atoms with Crippen LogP contribution in [-0.4, -0.2) is 55.9 Å². The Morgan fingerprint density at radius 1 is 1.38 bits per heavy atom. The van der Waals surface area contributed by atoms with Crippen molar-refractivity contribution in [2.24, 2.45) is 0 Å².